The molecule has 4 N–H and O–H groups in total. The van der Waals surface area contributed by atoms with Gasteiger partial charge in [-0.3, -0.25) is 4.72 Å². The van der Waals surface area contributed by atoms with Gasteiger partial charge in [-0.2, -0.15) is 8.42 Å². The van der Waals surface area contributed by atoms with Crippen LogP contribution in [-0.2, 0) is 10.2 Å². The summed E-state index contributed by atoms with van der Waals surface area (Å²) in [6.45, 7) is 0. The molecular formula is C8H13N3O3S. The first-order chi connectivity index (χ1) is 6.98. The molecule has 0 aliphatic rings. The summed E-state index contributed by atoms with van der Waals surface area (Å²) in [5.41, 5.74) is 6.36. The van der Waals surface area contributed by atoms with Gasteiger partial charge in [0.15, 0.2) is 0 Å². The highest BCUT2D eigenvalue weighted by Crippen LogP contribution is 2.26. The Labute approximate surface area is 88.6 Å². The van der Waals surface area contributed by atoms with Crippen LogP contribution >= 0.6 is 0 Å². The second-order valence-corrected chi connectivity index (χ2v) is 4.39. The first-order valence-electron chi connectivity index (χ1n) is 4.13. The Morgan fingerprint density at radius 1 is 1.40 bits per heavy atom. The van der Waals surface area contributed by atoms with E-state index in [0.29, 0.717) is 17.1 Å². The lowest BCUT2D eigenvalue weighted by molar-refractivity contribution is 0.417. The van der Waals surface area contributed by atoms with Crippen LogP contribution in [0.15, 0.2) is 18.2 Å². The molecule has 1 aromatic carbocycles. The third kappa shape index (κ3) is 3.00. The quantitative estimate of drug-likeness (QED) is 0.643. The highest BCUT2D eigenvalue weighted by atomic mass is 32.2. The standard InChI is InChI=1S/C8H13N3O3S/c1-10-15(12,13)11-7-4-3-6(9)5-8(7)14-2/h3-5,10-11H,9H2,1-2H3. The molecular weight excluding hydrogens is 218 g/mol. The van der Waals surface area contributed by atoms with E-state index < -0.39 is 10.2 Å². The van der Waals surface area contributed by atoms with Gasteiger partial charge in [-0.15, -0.1) is 0 Å². The minimum atomic E-state index is -3.54. The number of nitrogen functional groups attached to an aromatic ring is 1. The summed E-state index contributed by atoms with van der Waals surface area (Å²) in [7, 11) is -0.791. The third-order valence-electron chi connectivity index (χ3n) is 1.74. The van der Waals surface area contributed by atoms with Crippen LogP contribution in [0.5, 0.6) is 5.75 Å². The van der Waals surface area contributed by atoms with E-state index in [4.69, 9.17) is 10.5 Å². The molecule has 84 valence electrons. The van der Waals surface area contributed by atoms with E-state index in [0.717, 1.165) is 0 Å². The summed E-state index contributed by atoms with van der Waals surface area (Å²) in [5, 5.41) is 0. The summed E-state index contributed by atoms with van der Waals surface area (Å²) < 4.78 is 31.8. The number of nitrogens with two attached hydrogens (primary N) is 1. The maximum atomic E-state index is 11.2. The lowest BCUT2D eigenvalue weighted by Gasteiger charge is -2.11. The van der Waals surface area contributed by atoms with Gasteiger partial charge in [0, 0.05) is 18.8 Å². The molecule has 0 aliphatic carbocycles. The number of hydrogen-bond donors (Lipinski definition) is 3. The largest absolute Gasteiger partial charge is 0.494 e. The topological polar surface area (TPSA) is 93.5 Å². The van der Waals surface area contributed by atoms with Crippen molar-refractivity contribution in [2.75, 3.05) is 24.6 Å². The van der Waals surface area contributed by atoms with Crippen molar-refractivity contribution in [1.82, 2.24) is 4.72 Å². The lowest BCUT2D eigenvalue weighted by atomic mass is 10.2. The van der Waals surface area contributed by atoms with Gasteiger partial charge in [-0.1, -0.05) is 0 Å². The molecule has 15 heavy (non-hydrogen) atoms. The monoisotopic (exact) mass is 231 g/mol. The second-order valence-electron chi connectivity index (χ2n) is 2.77. The number of ether oxygens (including phenoxy) is 1. The van der Waals surface area contributed by atoms with Gasteiger partial charge >= 0.3 is 0 Å². The fraction of sp³-hybridized carbons (Fsp3) is 0.250. The Morgan fingerprint density at radius 3 is 2.60 bits per heavy atom. The van der Waals surface area contributed by atoms with E-state index in [2.05, 4.69) is 9.44 Å². The molecule has 1 rings (SSSR count). The smallest absolute Gasteiger partial charge is 0.298 e. The van der Waals surface area contributed by atoms with Crippen LogP contribution in [-0.4, -0.2) is 22.6 Å². The molecule has 7 heteroatoms. The summed E-state index contributed by atoms with van der Waals surface area (Å²) in [6.07, 6.45) is 0. The highest BCUT2D eigenvalue weighted by molar-refractivity contribution is 7.90. The van der Waals surface area contributed by atoms with E-state index in [1.165, 1.54) is 26.3 Å². The van der Waals surface area contributed by atoms with E-state index in [1.54, 1.807) is 6.07 Å². The number of rotatable bonds is 4. The van der Waals surface area contributed by atoms with Gasteiger partial charge in [-0.05, 0) is 12.1 Å². The molecule has 0 saturated heterocycles. The minimum absolute atomic E-state index is 0.334. The van der Waals surface area contributed by atoms with Crippen molar-refractivity contribution in [3.05, 3.63) is 18.2 Å². The fourth-order valence-electron chi connectivity index (χ4n) is 0.988. The van der Waals surface area contributed by atoms with E-state index >= 15 is 0 Å². The van der Waals surface area contributed by atoms with Gasteiger partial charge < -0.3 is 10.5 Å². The van der Waals surface area contributed by atoms with Crippen LogP contribution in [0, 0.1) is 0 Å². The van der Waals surface area contributed by atoms with Crippen molar-refractivity contribution in [3.8, 4) is 5.75 Å². The van der Waals surface area contributed by atoms with Crippen molar-refractivity contribution >= 4 is 21.6 Å². The Morgan fingerprint density at radius 2 is 2.07 bits per heavy atom. The first kappa shape index (κ1) is 11.6. The zero-order valence-corrected chi connectivity index (χ0v) is 9.26. The van der Waals surface area contributed by atoms with E-state index in [1.807, 2.05) is 0 Å². The predicted octanol–water partition coefficient (Wildman–Crippen LogP) is 0.153. The van der Waals surface area contributed by atoms with Crippen LogP contribution < -0.4 is 19.9 Å². The van der Waals surface area contributed by atoms with Crippen LogP contribution in [0.1, 0.15) is 0 Å². The van der Waals surface area contributed by atoms with Crippen molar-refractivity contribution in [1.29, 1.82) is 0 Å². The summed E-state index contributed by atoms with van der Waals surface area (Å²) in [6, 6.07) is 4.65. The maximum Gasteiger partial charge on any atom is 0.298 e. The third-order valence-corrected chi connectivity index (χ3v) is 2.76. The molecule has 0 saturated carbocycles. The Hall–Kier alpha value is -1.47. The average molecular weight is 231 g/mol. The van der Waals surface area contributed by atoms with Crippen LogP contribution in [0.4, 0.5) is 11.4 Å². The number of hydrogen-bond acceptors (Lipinski definition) is 4. The fourth-order valence-corrected chi connectivity index (χ4v) is 1.55. The van der Waals surface area contributed by atoms with Gasteiger partial charge in [0.2, 0.25) is 0 Å². The zero-order valence-electron chi connectivity index (χ0n) is 8.44. The predicted molar refractivity (Wildman–Crippen MR) is 59.0 cm³/mol. The molecule has 0 bridgehead atoms. The van der Waals surface area contributed by atoms with E-state index in [-0.39, 0.29) is 0 Å². The van der Waals surface area contributed by atoms with Crippen molar-refractivity contribution in [2.24, 2.45) is 0 Å². The molecule has 0 aliphatic heterocycles. The number of benzene rings is 1. The molecule has 0 spiro atoms. The van der Waals surface area contributed by atoms with E-state index in [9.17, 15) is 8.42 Å². The Bertz CT molecular complexity index is 444. The SMILES string of the molecule is CNS(=O)(=O)Nc1ccc(N)cc1OC. The van der Waals surface area contributed by atoms with Crippen LogP contribution in [0.3, 0.4) is 0 Å². The van der Waals surface area contributed by atoms with Crippen LogP contribution in [0.2, 0.25) is 0 Å². The maximum absolute atomic E-state index is 11.2. The van der Waals surface area contributed by atoms with Crippen molar-refractivity contribution in [2.45, 2.75) is 0 Å². The normalized spacial score (nSPS) is 11.1. The molecule has 0 radical (unpaired) electrons. The summed E-state index contributed by atoms with van der Waals surface area (Å²) in [5.74, 6) is 0.369. The van der Waals surface area contributed by atoms with Gasteiger partial charge in [0.1, 0.15) is 5.75 Å². The first-order valence-corrected chi connectivity index (χ1v) is 5.61. The molecule has 0 heterocycles. The molecule has 0 atom stereocenters. The molecule has 6 nitrogen and oxygen atoms in total. The molecule has 0 unspecified atom stereocenters. The molecule has 0 aromatic heterocycles. The molecule has 0 fully saturated rings. The zero-order chi connectivity index (χ0) is 11.5. The lowest BCUT2D eigenvalue weighted by Crippen LogP contribution is -2.26. The number of anilines is 2. The average Bonchev–Trinajstić information content (AvgIpc) is 2.20. The van der Waals surface area contributed by atoms with Crippen molar-refractivity contribution < 1.29 is 13.2 Å². The highest BCUT2D eigenvalue weighted by Gasteiger charge is 2.10. The van der Waals surface area contributed by atoms with Gasteiger partial charge in [0.05, 0.1) is 12.8 Å². The Balaban J connectivity index is 3.05. The molecule has 0 amide bonds. The summed E-state index contributed by atoms with van der Waals surface area (Å²) in [4.78, 5) is 0. The number of nitrogens with one attached hydrogen (secondary N) is 2. The Kier molecular flexibility index (Phi) is 3.38. The minimum Gasteiger partial charge on any atom is -0.494 e. The number of methoxy groups -OCH3 is 1. The van der Waals surface area contributed by atoms with Gasteiger partial charge in [-0.25, -0.2) is 4.72 Å². The molecule has 1 aromatic rings. The second kappa shape index (κ2) is 4.37. The summed E-state index contributed by atoms with van der Waals surface area (Å²) >= 11 is 0. The van der Waals surface area contributed by atoms with Crippen molar-refractivity contribution in [3.63, 3.8) is 0 Å². The van der Waals surface area contributed by atoms with Crippen LogP contribution in [0.25, 0.3) is 0 Å². The van der Waals surface area contributed by atoms with Gasteiger partial charge in [0.25, 0.3) is 10.2 Å².